The molecular weight excluding hydrogens is 388 g/mol. The van der Waals surface area contributed by atoms with E-state index in [1.165, 1.54) is 0 Å². The molecule has 106 valence electrons. The quantitative estimate of drug-likeness (QED) is 0.729. The maximum Gasteiger partial charge on any atom is 0.278 e. The largest absolute Gasteiger partial charge is 0.395 e. The molecule has 5 nitrogen and oxygen atoms in total. The van der Waals surface area contributed by atoms with E-state index in [1.807, 2.05) is 26.0 Å². The number of nitrogens with one attached hydrogen (secondary N) is 2. The van der Waals surface area contributed by atoms with Crippen molar-refractivity contribution in [2.45, 2.75) is 19.8 Å². The molecule has 7 heteroatoms. The molecule has 0 saturated carbocycles. The third-order valence-electron chi connectivity index (χ3n) is 2.81. The van der Waals surface area contributed by atoms with Gasteiger partial charge in [-0.25, -0.2) is 0 Å². The van der Waals surface area contributed by atoms with Crippen molar-refractivity contribution in [3.63, 3.8) is 0 Å². The summed E-state index contributed by atoms with van der Waals surface area (Å²) in [6.07, 6.45) is 0. The van der Waals surface area contributed by atoms with Crippen LogP contribution in [0.4, 0.5) is 11.4 Å². The number of carbonyl (C=O) groups is 1. The predicted molar refractivity (Wildman–Crippen MR) is 86.9 cm³/mol. The maximum atomic E-state index is 12.2. The van der Waals surface area contributed by atoms with E-state index in [4.69, 9.17) is 5.73 Å². The Balaban J connectivity index is 2.24. The van der Waals surface area contributed by atoms with Crippen molar-refractivity contribution in [2.24, 2.45) is 0 Å². The fourth-order valence-corrected chi connectivity index (χ4v) is 2.90. The van der Waals surface area contributed by atoms with Gasteiger partial charge < -0.3 is 11.1 Å². The van der Waals surface area contributed by atoms with E-state index in [9.17, 15) is 4.79 Å². The standard InChI is InChI=1S/C13H14Br2N4O/c1-6(2)11-10(16)12(19-18-11)13(20)17-9-4-3-7(14)5-8(9)15/h3-6H,16H2,1-2H3,(H,17,20)(H,18,19). The van der Waals surface area contributed by atoms with Crippen LogP contribution in [0.2, 0.25) is 0 Å². The minimum atomic E-state index is -0.339. The third kappa shape index (κ3) is 3.04. The van der Waals surface area contributed by atoms with Crippen LogP contribution in [0.3, 0.4) is 0 Å². The number of amides is 1. The lowest BCUT2D eigenvalue weighted by molar-refractivity contribution is 0.102. The van der Waals surface area contributed by atoms with E-state index in [1.54, 1.807) is 6.07 Å². The van der Waals surface area contributed by atoms with Gasteiger partial charge in [-0.1, -0.05) is 29.8 Å². The Labute approximate surface area is 133 Å². The summed E-state index contributed by atoms with van der Waals surface area (Å²) in [5.41, 5.74) is 7.98. The molecule has 0 spiro atoms. The molecule has 0 aliphatic carbocycles. The topological polar surface area (TPSA) is 83.8 Å². The minimum absolute atomic E-state index is 0.184. The minimum Gasteiger partial charge on any atom is -0.395 e. The normalized spacial score (nSPS) is 10.8. The zero-order valence-electron chi connectivity index (χ0n) is 11.0. The highest BCUT2D eigenvalue weighted by Crippen LogP contribution is 2.28. The van der Waals surface area contributed by atoms with Gasteiger partial charge in [0, 0.05) is 8.95 Å². The molecule has 2 aromatic rings. The highest BCUT2D eigenvalue weighted by Gasteiger charge is 2.19. The van der Waals surface area contributed by atoms with Crippen LogP contribution >= 0.6 is 31.9 Å². The van der Waals surface area contributed by atoms with E-state index < -0.39 is 0 Å². The first-order chi connectivity index (χ1) is 9.40. The number of hydrogen-bond donors (Lipinski definition) is 3. The molecule has 0 fully saturated rings. The molecule has 4 N–H and O–H groups in total. The molecule has 0 bridgehead atoms. The van der Waals surface area contributed by atoms with E-state index in [2.05, 4.69) is 47.4 Å². The fraction of sp³-hybridized carbons (Fsp3) is 0.231. The molecule has 2 rings (SSSR count). The first-order valence-corrected chi connectivity index (χ1v) is 7.59. The van der Waals surface area contributed by atoms with Gasteiger partial charge in [0.25, 0.3) is 5.91 Å². The lowest BCUT2D eigenvalue weighted by atomic mass is 10.1. The number of halogens is 2. The van der Waals surface area contributed by atoms with E-state index in [0.717, 1.165) is 14.6 Å². The molecule has 20 heavy (non-hydrogen) atoms. The van der Waals surface area contributed by atoms with Gasteiger partial charge in [0.05, 0.1) is 17.1 Å². The number of anilines is 2. The second kappa shape index (κ2) is 5.97. The van der Waals surface area contributed by atoms with Crippen molar-refractivity contribution in [3.05, 3.63) is 38.5 Å². The van der Waals surface area contributed by atoms with Gasteiger partial charge >= 0.3 is 0 Å². The summed E-state index contributed by atoms with van der Waals surface area (Å²) in [6, 6.07) is 5.48. The van der Waals surface area contributed by atoms with Crippen LogP contribution in [-0.2, 0) is 0 Å². The number of aromatic amines is 1. The number of nitrogens with zero attached hydrogens (tertiary/aromatic N) is 1. The Morgan fingerprint density at radius 2 is 2.10 bits per heavy atom. The number of aromatic nitrogens is 2. The molecule has 0 unspecified atom stereocenters. The number of nitrogens with two attached hydrogens (primary N) is 1. The summed E-state index contributed by atoms with van der Waals surface area (Å²) in [6.45, 7) is 3.97. The van der Waals surface area contributed by atoms with Crippen molar-refractivity contribution in [1.29, 1.82) is 0 Å². The number of benzene rings is 1. The summed E-state index contributed by atoms with van der Waals surface area (Å²) in [7, 11) is 0. The fourth-order valence-electron chi connectivity index (χ4n) is 1.75. The summed E-state index contributed by atoms with van der Waals surface area (Å²) in [5.74, 6) is -0.155. The number of rotatable bonds is 3. The zero-order chi connectivity index (χ0) is 14.9. The van der Waals surface area contributed by atoms with Gasteiger partial charge in [-0.3, -0.25) is 9.89 Å². The monoisotopic (exact) mass is 400 g/mol. The molecule has 0 saturated heterocycles. The van der Waals surface area contributed by atoms with Crippen LogP contribution < -0.4 is 11.1 Å². The Morgan fingerprint density at radius 3 is 2.65 bits per heavy atom. The Bertz CT molecular complexity index is 652. The molecule has 0 atom stereocenters. The first-order valence-electron chi connectivity index (χ1n) is 6.00. The van der Waals surface area contributed by atoms with Gasteiger partial charge in [0.15, 0.2) is 5.69 Å². The Kier molecular flexibility index (Phi) is 4.49. The molecule has 0 radical (unpaired) electrons. The van der Waals surface area contributed by atoms with Crippen LogP contribution in [-0.4, -0.2) is 16.1 Å². The van der Waals surface area contributed by atoms with Crippen LogP contribution in [0.5, 0.6) is 0 Å². The number of carbonyl (C=O) groups excluding carboxylic acids is 1. The summed E-state index contributed by atoms with van der Waals surface area (Å²) >= 11 is 6.75. The lowest BCUT2D eigenvalue weighted by Crippen LogP contribution is -2.14. The molecule has 0 aliphatic rings. The number of hydrogen-bond acceptors (Lipinski definition) is 3. The van der Waals surface area contributed by atoms with Gasteiger partial charge in [-0.2, -0.15) is 5.10 Å². The average Bonchev–Trinajstić information content (AvgIpc) is 2.74. The lowest BCUT2D eigenvalue weighted by Gasteiger charge is -2.07. The van der Waals surface area contributed by atoms with E-state index in [0.29, 0.717) is 11.4 Å². The summed E-state index contributed by atoms with van der Waals surface area (Å²) < 4.78 is 1.70. The molecule has 1 amide bonds. The average molecular weight is 402 g/mol. The molecule has 1 aromatic carbocycles. The second-order valence-corrected chi connectivity index (χ2v) is 6.40. The highest BCUT2D eigenvalue weighted by molar-refractivity contribution is 9.11. The molecule has 0 aliphatic heterocycles. The van der Waals surface area contributed by atoms with Crippen molar-refractivity contribution in [2.75, 3.05) is 11.1 Å². The molecule has 1 aromatic heterocycles. The number of nitrogen functional groups attached to an aromatic ring is 1. The zero-order valence-corrected chi connectivity index (χ0v) is 14.2. The van der Waals surface area contributed by atoms with Gasteiger partial charge in [-0.05, 0) is 40.0 Å². The number of H-pyrrole nitrogens is 1. The van der Waals surface area contributed by atoms with Crippen molar-refractivity contribution < 1.29 is 4.79 Å². The van der Waals surface area contributed by atoms with Crippen LogP contribution in [0.25, 0.3) is 0 Å². The summed E-state index contributed by atoms with van der Waals surface area (Å²) in [5, 5.41) is 9.58. The first kappa shape index (κ1) is 15.1. The second-order valence-electron chi connectivity index (χ2n) is 4.63. The third-order valence-corrected chi connectivity index (χ3v) is 3.95. The Morgan fingerprint density at radius 1 is 1.40 bits per heavy atom. The van der Waals surface area contributed by atoms with Crippen LogP contribution in [0.15, 0.2) is 27.1 Å². The molecule has 1 heterocycles. The van der Waals surface area contributed by atoms with Crippen molar-refractivity contribution in [1.82, 2.24) is 10.2 Å². The summed E-state index contributed by atoms with van der Waals surface area (Å²) in [4.78, 5) is 12.2. The van der Waals surface area contributed by atoms with Gasteiger partial charge in [-0.15, -0.1) is 0 Å². The Hall–Kier alpha value is -1.34. The SMILES string of the molecule is CC(C)c1[nH]nc(C(=O)Nc2ccc(Br)cc2Br)c1N. The van der Waals surface area contributed by atoms with Crippen molar-refractivity contribution >= 4 is 49.1 Å². The smallest absolute Gasteiger partial charge is 0.278 e. The van der Waals surface area contributed by atoms with Crippen LogP contribution in [0, 0.1) is 0 Å². The van der Waals surface area contributed by atoms with Crippen molar-refractivity contribution in [3.8, 4) is 0 Å². The maximum absolute atomic E-state index is 12.2. The van der Waals surface area contributed by atoms with E-state index in [-0.39, 0.29) is 17.5 Å². The molecular formula is C13H14Br2N4O. The van der Waals surface area contributed by atoms with Crippen LogP contribution in [0.1, 0.15) is 35.9 Å². The highest BCUT2D eigenvalue weighted by atomic mass is 79.9. The van der Waals surface area contributed by atoms with Gasteiger partial charge in [0.1, 0.15) is 0 Å². The van der Waals surface area contributed by atoms with Gasteiger partial charge in [0.2, 0.25) is 0 Å². The predicted octanol–water partition coefficient (Wildman–Crippen LogP) is 3.89. The van der Waals surface area contributed by atoms with E-state index >= 15 is 0 Å².